The van der Waals surface area contributed by atoms with Crippen molar-refractivity contribution in [1.29, 1.82) is 0 Å². The lowest BCUT2D eigenvalue weighted by atomic mass is 9.68. The molecule has 3 aliphatic heterocycles. The number of likely N-dealkylation sites (tertiary alicyclic amines) is 1. The number of benzene rings is 2. The second kappa shape index (κ2) is 8.35. The molecule has 2 unspecified atom stereocenters. The maximum Gasteiger partial charge on any atom is 0.228 e. The van der Waals surface area contributed by atoms with E-state index in [2.05, 4.69) is 46.6 Å². The number of nitrogens with zero attached hydrogens (tertiary/aromatic N) is 1. The Labute approximate surface area is 196 Å². The minimum Gasteiger partial charge on any atom is -0.493 e. The molecule has 2 aromatic rings. The molecule has 174 valence electrons. The molecule has 6 rings (SSSR count). The molecule has 0 radical (unpaired) electrons. The van der Waals surface area contributed by atoms with E-state index in [9.17, 15) is 4.79 Å². The number of ether oxygens (including phenoxy) is 2. The highest BCUT2D eigenvalue weighted by Crippen LogP contribution is 2.51. The van der Waals surface area contributed by atoms with Crippen LogP contribution in [0.15, 0.2) is 48.5 Å². The quantitative estimate of drug-likeness (QED) is 0.768. The predicted molar refractivity (Wildman–Crippen MR) is 128 cm³/mol. The van der Waals surface area contributed by atoms with E-state index in [1.54, 1.807) is 7.11 Å². The number of piperidine rings is 1. The number of hydrogen-bond acceptors (Lipinski definition) is 4. The van der Waals surface area contributed by atoms with Crippen molar-refractivity contribution in [2.45, 2.75) is 49.5 Å². The van der Waals surface area contributed by atoms with Gasteiger partial charge < -0.3 is 19.7 Å². The van der Waals surface area contributed by atoms with Crippen LogP contribution in [0.2, 0.25) is 0 Å². The molecule has 0 aromatic heterocycles. The van der Waals surface area contributed by atoms with E-state index in [1.807, 2.05) is 12.1 Å². The fraction of sp³-hybridized carbons (Fsp3) is 0.536. The molecule has 33 heavy (non-hydrogen) atoms. The number of rotatable bonds is 4. The minimum absolute atomic E-state index is 0.0539. The van der Waals surface area contributed by atoms with E-state index >= 15 is 0 Å². The molecule has 4 aliphatic rings. The smallest absolute Gasteiger partial charge is 0.228 e. The first-order valence-corrected chi connectivity index (χ1v) is 12.6. The van der Waals surface area contributed by atoms with E-state index in [-0.39, 0.29) is 11.3 Å². The summed E-state index contributed by atoms with van der Waals surface area (Å²) in [5, 5.41) is 3.58. The molecule has 1 aliphatic carbocycles. The average molecular weight is 447 g/mol. The van der Waals surface area contributed by atoms with E-state index in [1.165, 1.54) is 18.4 Å². The molecule has 3 fully saturated rings. The standard InChI is InChI=1S/C28H34N2O3/c1-32-25-9-5-8-22-26(25)33-15-13-28(22)18-29-17-23(28)27(31)30-14-12-21(16-24(30)20-10-11-20)19-6-3-2-4-7-19/h2-9,20-21,23-24,29H,10-18H2,1H3/t21?,23-,24?,28-/m0/s1. The van der Waals surface area contributed by atoms with Crippen LogP contribution in [0.3, 0.4) is 0 Å². The molecular weight excluding hydrogens is 412 g/mol. The number of hydrogen-bond donors (Lipinski definition) is 1. The molecule has 5 heteroatoms. The third-order valence-corrected chi connectivity index (χ3v) is 8.65. The Morgan fingerprint density at radius 1 is 1.12 bits per heavy atom. The summed E-state index contributed by atoms with van der Waals surface area (Å²) < 4.78 is 11.7. The molecule has 1 N–H and O–H groups in total. The van der Waals surface area contributed by atoms with E-state index < -0.39 is 0 Å². The topological polar surface area (TPSA) is 50.8 Å². The van der Waals surface area contributed by atoms with Gasteiger partial charge in [0.2, 0.25) is 5.91 Å². The monoisotopic (exact) mass is 446 g/mol. The van der Waals surface area contributed by atoms with Crippen molar-refractivity contribution < 1.29 is 14.3 Å². The van der Waals surface area contributed by atoms with Gasteiger partial charge in [0.25, 0.3) is 0 Å². The van der Waals surface area contributed by atoms with Gasteiger partial charge in [0.15, 0.2) is 11.5 Å². The molecule has 3 heterocycles. The maximum atomic E-state index is 14.2. The first kappa shape index (κ1) is 21.0. The van der Waals surface area contributed by atoms with Gasteiger partial charge in [0.1, 0.15) is 0 Å². The molecular formula is C28H34N2O3. The predicted octanol–water partition coefficient (Wildman–Crippen LogP) is 4.12. The van der Waals surface area contributed by atoms with Gasteiger partial charge in [-0.05, 0) is 55.6 Å². The lowest BCUT2D eigenvalue weighted by Gasteiger charge is -2.45. The van der Waals surface area contributed by atoms with Crippen LogP contribution in [0.1, 0.15) is 49.1 Å². The molecule has 1 saturated carbocycles. The average Bonchev–Trinajstić information content (AvgIpc) is 3.64. The van der Waals surface area contributed by atoms with Crippen LogP contribution in [0.25, 0.3) is 0 Å². The van der Waals surface area contributed by atoms with E-state index in [0.29, 0.717) is 30.4 Å². The third-order valence-electron chi connectivity index (χ3n) is 8.65. The lowest BCUT2D eigenvalue weighted by Crippen LogP contribution is -2.54. The second-order valence-electron chi connectivity index (χ2n) is 10.3. The normalized spacial score (nSPS) is 31.2. The number of carbonyl (C=O) groups is 1. The number of amides is 1. The van der Waals surface area contributed by atoms with Crippen LogP contribution >= 0.6 is 0 Å². The summed E-state index contributed by atoms with van der Waals surface area (Å²) in [6, 6.07) is 17.4. The van der Waals surface area contributed by atoms with Gasteiger partial charge in [-0.15, -0.1) is 0 Å². The number of methoxy groups -OCH3 is 1. The van der Waals surface area contributed by atoms with Crippen molar-refractivity contribution in [2.75, 3.05) is 33.4 Å². The fourth-order valence-corrected chi connectivity index (χ4v) is 6.74. The largest absolute Gasteiger partial charge is 0.493 e. The third kappa shape index (κ3) is 3.52. The van der Waals surface area contributed by atoms with Crippen LogP contribution < -0.4 is 14.8 Å². The van der Waals surface area contributed by atoms with Gasteiger partial charge in [0, 0.05) is 36.7 Å². The van der Waals surface area contributed by atoms with Crippen LogP contribution in [0.4, 0.5) is 0 Å². The highest BCUT2D eigenvalue weighted by atomic mass is 16.5. The lowest BCUT2D eigenvalue weighted by molar-refractivity contribution is -0.141. The van der Waals surface area contributed by atoms with Gasteiger partial charge in [-0.2, -0.15) is 0 Å². The Morgan fingerprint density at radius 2 is 1.97 bits per heavy atom. The Bertz CT molecular complexity index is 1020. The molecule has 1 spiro atoms. The van der Waals surface area contributed by atoms with E-state index in [0.717, 1.165) is 56.0 Å². The highest BCUT2D eigenvalue weighted by molar-refractivity contribution is 5.82. The number of carbonyl (C=O) groups excluding carboxylic acids is 1. The molecule has 4 atom stereocenters. The number of nitrogens with one attached hydrogen (secondary N) is 1. The maximum absolute atomic E-state index is 14.2. The first-order chi connectivity index (χ1) is 16.2. The van der Waals surface area contributed by atoms with Crippen molar-refractivity contribution in [3.63, 3.8) is 0 Å². The summed E-state index contributed by atoms with van der Waals surface area (Å²) in [6.45, 7) is 3.06. The van der Waals surface area contributed by atoms with Gasteiger partial charge in [-0.1, -0.05) is 42.5 Å². The van der Waals surface area contributed by atoms with Crippen molar-refractivity contribution in [3.05, 3.63) is 59.7 Å². The summed E-state index contributed by atoms with van der Waals surface area (Å²) >= 11 is 0. The Morgan fingerprint density at radius 3 is 2.76 bits per heavy atom. The van der Waals surface area contributed by atoms with Crippen LogP contribution in [0, 0.1) is 11.8 Å². The van der Waals surface area contributed by atoms with Crippen LogP contribution in [0.5, 0.6) is 11.5 Å². The van der Waals surface area contributed by atoms with Crippen molar-refractivity contribution in [2.24, 2.45) is 11.8 Å². The summed E-state index contributed by atoms with van der Waals surface area (Å²) in [7, 11) is 1.69. The second-order valence-corrected chi connectivity index (χ2v) is 10.3. The van der Waals surface area contributed by atoms with Crippen LogP contribution in [-0.2, 0) is 10.2 Å². The van der Waals surface area contributed by atoms with Crippen molar-refractivity contribution in [1.82, 2.24) is 10.2 Å². The van der Waals surface area contributed by atoms with Gasteiger partial charge >= 0.3 is 0 Å². The SMILES string of the molecule is COc1cccc2c1OCC[C@]21CNC[C@H]1C(=O)N1CCC(c2ccccc2)CC1C1CC1. The summed E-state index contributed by atoms with van der Waals surface area (Å²) in [6.07, 6.45) is 5.54. The summed E-state index contributed by atoms with van der Waals surface area (Å²) in [5.74, 6) is 3.12. The van der Waals surface area contributed by atoms with Gasteiger partial charge in [-0.25, -0.2) is 0 Å². The molecule has 2 saturated heterocycles. The zero-order valence-electron chi connectivity index (χ0n) is 19.5. The van der Waals surface area contributed by atoms with Gasteiger partial charge in [0.05, 0.1) is 19.6 Å². The number of fused-ring (bicyclic) bond motifs is 2. The zero-order chi connectivity index (χ0) is 22.4. The van der Waals surface area contributed by atoms with Gasteiger partial charge in [-0.3, -0.25) is 4.79 Å². The first-order valence-electron chi connectivity index (χ1n) is 12.6. The van der Waals surface area contributed by atoms with Crippen molar-refractivity contribution >= 4 is 5.91 Å². The minimum atomic E-state index is -0.219. The fourth-order valence-electron chi connectivity index (χ4n) is 6.74. The molecule has 0 bridgehead atoms. The Hall–Kier alpha value is -2.53. The van der Waals surface area contributed by atoms with Crippen LogP contribution in [-0.4, -0.2) is 50.2 Å². The Balaban J connectivity index is 1.29. The molecule has 1 amide bonds. The zero-order valence-corrected chi connectivity index (χ0v) is 19.5. The van der Waals surface area contributed by atoms with E-state index in [4.69, 9.17) is 9.47 Å². The summed E-state index contributed by atoms with van der Waals surface area (Å²) in [4.78, 5) is 16.5. The molecule has 5 nitrogen and oxygen atoms in total. The highest BCUT2D eigenvalue weighted by Gasteiger charge is 2.54. The Kier molecular flexibility index (Phi) is 5.33. The number of para-hydroxylation sites is 1. The van der Waals surface area contributed by atoms with Crippen molar-refractivity contribution in [3.8, 4) is 11.5 Å². The molecule has 2 aromatic carbocycles. The summed E-state index contributed by atoms with van der Waals surface area (Å²) in [5.41, 5.74) is 2.35.